The Morgan fingerprint density at radius 1 is 1.40 bits per heavy atom. The number of carbonyl (C=O) groups is 1. The van der Waals surface area contributed by atoms with E-state index in [1.54, 1.807) is 0 Å². The highest BCUT2D eigenvalue weighted by Crippen LogP contribution is 2.28. The number of carbonyl (C=O) groups excluding carboxylic acids is 1. The van der Waals surface area contributed by atoms with Crippen molar-refractivity contribution in [3.05, 3.63) is 29.3 Å². The second kappa shape index (κ2) is 5.54. The first kappa shape index (κ1) is 15.0. The Labute approximate surface area is 120 Å². The number of hydrogen-bond donors (Lipinski definition) is 2. The van der Waals surface area contributed by atoms with Crippen LogP contribution in [0.15, 0.2) is 18.2 Å². The highest BCUT2D eigenvalue weighted by molar-refractivity contribution is 5.93. The third-order valence-electron chi connectivity index (χ3n) is 4.09. The lowest BCUT2D eigenvalue weighted by Gasteiger charge is -2.48. The van der Waals surface area contributed by atoms with E-state index in [2.05, 4.69) is 11.4 Å². The molecule has 0 aliphatic carbocycles. The van der Waals surface area contributed by atoms with Crippen molar-refractivity contribution in [2.75, 3.05) is 25.0 Å². The van der Waals surface area contributed by atoms with E-state index >= 15 is 0 Å². The molecule has 4 heteroatoms. The summed E-state index contributed by atoms with van der Waals surface area (Å²) < 4.78 is 0. The van der Waals surface area contributed by atoms with Crippen molar-refractivity contribution in [1.82, 2.24) is 4.90 Å². The third-order valence-corrected chi connectivity index (χ3v) is 4.09. The van der Waals surface area contributed by atoms with Gasteiger partial charge in [0.25, 0.3) is 0 Å². The molecule has 1 aliphatic heterocycles. The minimum Gasteiger partial charge on any atom is -0.387 e. The molecule has 1 saturated heterocycles. The summed E-state index contributed by atoms with van der Waals surface area (Å²) >= 11 is 0. The molecule has 0 bridgehead atoms. The lowest BCUT2D eigenvalue weighted by molar-refractivity contribution is -0.139. The van der Waals surface area contributed by atoms with Crippen molar-refractivity contribution < 1.29 is 9.90 Å². The van der Waals surface area contributed by atoms with Gasteiger partial charge in [-0.25, -0.2) is 0 Å². The summed E-state index contributed by atoms with van der Waals surface area (Å²) in [6.07, 6.45) is 0. The normalized spacial score (nSPS) is 17.9. The number of β-amino-alcohol motifs (C(OH)–C–C–N with tert-alkyl or cyclic N) is 1. The summed E-state index contributed by atoms with van der Waals surface area (Å²) in [6, 6.07) is 5.98. The summed E-state index contributed by atoms with van der Waals surface area (Å²) in [5.41, 5.74) is 2.49. The second-order valence-corrected chi connectivity index (χ2v) is 6.27. The number of hydrogen-bond acceptors (Lipinski definition) is 3. The number of nitrogens with zero attached hydrogens (tertiary/aromatic N) is 1. The van der Waals surface area contributed by atoms with Crippen molar-refractivity contribution in [3.63, 3.8) is 0 Å². The zero-order chi connectivity index (χ0) is 14.9. The van der Waals surface area contributed by atoms with Gasteiger partial charge in [-0.05, 0) is 31.4 Å². The van der Waals surface area contributed by atoms with Crippen LogP contribution in [0, 0.1) is 19.8 Å². The standard InChI is InChI=1S/C16H24N2O2/c1-11(2)16(20)9-18(10-16)8-15(19)17-14-6-5-12(3)7-13(14)4/h5-7,11,20H,8-10H2,1-4H3,(H,17,19). The monoisotopic (exact) mass is 276 g/mol. The molecule has 0 spiro atoms. The van der Waals surface area contributed by atoms with Gasteiger partial charge in [0.2, 0.25) is 5.91 Å². The van der Waals surface area contributed by atoms with Crippen LogP contribution in [0.2, 0.25) is 0 Å². The van der Waals surface area contributed by atoms with E-state index in [0.717, 1.165) is 11.3 Å². The minimum absolute atomic E-state index is 0.0252. The van der Waals surface area contributed by atoms with E-state index in [1.807, 2.05) is 44.7 Å². The molecule has 1 aliphatic rings. The number of aliphatic hydroxyl groups is 1. The number of rotatable bonds is 4. The van der Waals surface area contributed by atoms with Crippen LogP contribution in [0.25, 0.3) is 0 Å². The number of anilines is 1. The Morgan fingerprint density at radius 3 is 2.60 bits per heavy atom. The van der Waals surface area contributed by atoms with Gasteiger partial charge in [-0.2, -0.15) is 0 Å². The summed E-state index contributed by atoms with van der Waals surface area (Å²) in [6.45, 7) is 9.52. The van der Waals surface area contributed by atoms with E-state index in [9.17, 15) is 9.90 Å². The predicted molar refractivity (Wildman–Crippen MR) is 80.8 cm³/mol. The number of aryl methyl sites for hydroxylation is 2. The van der Waals surface area contributed by atoms with Crippen LogP contribution in [0.5, 0.6) is 0 Å². The summed E-state index contributed by atoms with van der Waals surface area (Å²) in [4.78, 5) is 14.0. The Balaban J connectivity index is 1.85. The number of amides is 1. The molecule has 1 aromatic carbocycles. The van der Waals surface area contributed by atoms with Crippen molar-refractivity contribution >= 4 is 11.6 Å². The molecule has 0 radical (unpaired) electrons. The van der Waals surface area contributed by atoms with E-state index in [4.69, 9.17) is 0 Å². The molecular weight excluding hydrogens is 252 g/mol. The zero-order valence-corrected chi connectivity index (χ0v) is 12.7. The first-order valence-corrected chi connectivity index (χ1v) is 7.12. The molecule has 0 unspecified atom stereocenters. The maximum absolute atomic E-state index is 12.0. The molecule has 20 heavy (non-hydrogen) atoms. The maximum Gasteiger partial charge on any atom is 0.238 e. The Hall–Kier alpha value is -1.39. The van der Waals surface area contributed by atoms with Crippen LogP contribution in [0.1, 0.15) is 25.0 Å². The molecule has 1 fully saturated rings. The molecule has 0 atom stereocenters. The fourth-order valence-electron chi connectivity index (χ4n) is 2.55. The van der Waals surface area contributed by atoms with Crippen LogP contribution in [0.4, 0.5) is 5.69 Å². The quantitative estimate of drug-likeness (QED) is 0.883. The van der Waals surface area contributed by atoms with Gasteiger partial charge >= 0.3 is 0 Å². The molecular formula is C16H24N2O2. The smallest absolute Gasteiger partial charge is 0.238 e. The van der Waals surface area contributed by atoms with Gasteiger partial charge in [-0.15, -0.1) is 0 Å². The first-order chi connectivity index (χ1) is 9.30. The van der Waals surface area contributed by atoms with Gasteiger partial charge in [0.05, 0.1) is 12.1 Å². The van der Waals surface area contributed by atoms with Crippen LogP contribution in [0.3, 0.4) is 0 Å². The third kappa shape index (κ3) is 3.19. The highest BCUT2D eigenvalue weighted by Gasteiger charge is 2.43. The zero-order valence-electron chi connectivity index (χ0n) is 12.7. The summed E-state index contributed by atoms with van der Waals surface area (Å²) in [5, 5.41) is 13.1. The fraction of sp³-hybridized carbons (Fsp3) is 0.562. The lowest BCUT2D eigenvalue weighted by Crippen LogP contribution is -2.65. The summed E-state index contributed by atoms with van der Waals surface area (Å²) in [5.74, 6) is 0.198. The van der Waals surface area contributed by atoms with Crippen molar-refractivity contribution in [2.24, 2.45) is 5.92 Å². The van der Waals surface area contributed by atoms with E-state index in [1.165, 1.54) is 5.56 Å². The molecule has 0 saturated carbocycles. The molecule has 4 nitrogen and oxygen atoms in total. The topological polar surface area (TPSA) is 52.6 Å². The van der Waals surface area contributed by atoms with Gasteiger partial charge in [-0.3, -0.25) is 9.69 Å². The molecule has 1 amide bonds. The van der Waals surface area contributed by atoms with Crippen molar-refractivity contribution in [1.29, 1.82) is 0 Å². The molecule has 2 N–H and O–H groups in total. The lowest BCUT2D eigenvalue weighted by atomic mass is 9.83. The molecule has 2 rings (SSSR count). The van der Waals surface area contributed by atoms with E-state index < -0.39 is 5.60 Å². The average Bonchev–Trinajstić information content (AvgIpc) is 2.30. The van der Waals surface area contributed by atoms with Crippen LogP contribution < -0.4 is 5.32 Å². The fourth-order valence-corrected chi connectivity index (χ4v) is 2.55. The summed E-state index contributed by atoms with van der Waals surface area (Å²) in [7, 11) is 0. The Morgan fingerprint density at radius 2 is 2.05 bits per heavy atom. The Kier molecular flexibility index (Phi) is 4.16. The van der Waals surface area contributed by atoms with Crippen LogP contribution in [-0.4, -0.2) is 41.1 Å². The van der Waals surface area contributed by atoms with Gasteiger partial charge in [0, 0.05) is 18.8 Å². The predicted octanol–water partition coefficient (Wildman–Crippen LogP) is 1.94. The van der Waals surface area contributed by atoms with Gasteiger partial charge in [0.1, 0.15) is 0 Å². The molecule has 1 aromatic rings. The van der Waals surface area contributed by atoms with Crippen molar-refractivity contribution in [3.8, 4) is 0 Å². The second-order valence-electron chi connectivity index (χ2n) is 6.27. The SMILES string of the molecule is Cc1ccc(NC(=O)CN2CC(O)(C(C)C)C2)c(C)c1. The van der Waals surface area contributed by atoms with Crippen LogP contribution >= 0.6 is 0 Å². The molecule has 0 aromatic heterocycles. The number of likely N-dealkylation sites (tertiary alicyclic amines) is 1. The van der Waals surface area contributed by atoms with Crippen molar-refractivity contribution in [2.45, 2.75) is 33.3 Å². The molecule has 110 valence electrons. The van der Waals surface area contributed by atoms with E-state index in [-0.39, 0.29) is 11.8 Å². The van der Waals surface area contributed by atoms with Gasteiger partial charge in [-0.1, -0.05) is 31.5 Å². The average molecular weight is 276 g/mol. The minimum atomic E-state index is -0.625. The number of nitrogens with one attached hydrogen (secondary N) is 1. The maximum atomic E-state index is 12.0. The van der Waals surface area contributed by atoms with Gasteiger partial charge < -0.3 is 10.4 Å². The van der Waals surface area contributed by atoms with E-state index in [0.29, 0.717) is 19.6 Å². The largest absolute Gasteiger partial charge is 0.387 e. The molecule has 1 heterocycles. The number of benzene rings is 1. The first-order valence-electron chi connectivity index (χ1n) is 7.12. The van der Waals surface area contributed by atoms with Crippen LogP contribution in [-0.2, 0) is 4.79 Å². The highest BCUT2D eigenvalue weighted by atomic mass is 16.3. The van der Waals surface area contributed by atoms with Gasteiger partial charge in [0.15, 0.2) is 0 Å². The Bertz CT molecular complexity index is 505.